The predicted octanol–water partition coefficient (Wildman–Crippen LogP) is 3.02. The topological polar surface area (TPSA) is 121 Å². The van der Waals surface area contributed by atoms with Crippen LogP contribution in [0.1, 0.15) is 24.3 Å². The van der Waals surface area contributed by atoms with Crippen LogP contribution in [-0.2, 0) is 25.6 Å². The number of carbonyl (C=O) groups is 1. The van der Waals surface area contributed by atoms with E-state index in [1.165, 1.54) is 10.8 Å². The molecule has 1 aliphatic heterocycles. The van der Waals surface area contributed by atoms with E-state index in [0.717, 1.165) is 5.56 Å². The molecule has 0 saturated heterocycles. The van der Waals surface area contributed by atoms with E-state index in [1.807, 2.05) is 48.5 Å². The summed E-state index contributed by atoms with van der Waals surface area (Å²) in [6, 6.07) is 17.8. The average Bonchev–Trinajstić information content (AvgIpc) is 3.40. The fourth-order valence-electron chi connectivity index (χ4n) is 3.41. The molecule has 10 nitrogen and oxygen atoms in total. The molecule has 0 aliphatic carbocycles. The first-order chi connectivity index (χ1) is 18.4. The number of para-hydroxylation sites is 1. The lowest BCUT2D eigenvalue weighted by Crippen LogP contribution is -2.34. The Balaban J connectivity index is 1.36. The molecule has 2 heterocycles. The molecule has 4 rings (SSSR count). The Morgan fingerprint density at radius 2 is 1.87 bits per heavy atom. The van der Waals surface area contributed by atoms with E-state index in [1.54, 1.807) is 31.2 Å². The Labute approximate surface area is 220 Å². The maximum atomic E-state index is 12.6. The molecule has 0 bridgehead atoms. The minimum atomic E-state index is -1.51. The van der Waals surface area contributed by atoms with E-state index in [-0.39, 0.29) is 18.5 Å². The van der Waals surface area contributed by atoms with Crippen LogP contribution in [0.2, 0.25) is 0 Å². The SMILES string of the molecule is C#Cc1cn(C2C=CC(OCP(NC(C)C(=O)OCc3ccccc3)Oc3ccccc3)O2)c(=O)[nH]c1=O. The largest absolute Gasteiger partial charge is 0.460 e. The van der Waals surface area contributed by atoms with Crippen molar-refractivity contribution >= 4 is 14.3 Å². The molecule has 3 aromatic rings. The molecule has 0 spiro atoms. The number of esters is 1. The molecule has 196 valence electrons. The molecule has 1 aromatic heterocycles. The van der Waals surface area contributed by atoms with Crippen LogP contribution >= 0.6 is 8.30 Å². The molecular formula is C27H26N3O7P. The number of aromatic nitrogens is 2. The third kappa shape index (κ3) is 7.28. The first kappa shape index (κ1) is 27.0. The van der Waals surface area contributed by atoms with E-state index in [4.69, 9.17) is 25.2 Å². The first-order valence-electron chi connectivity index (χ1n) is 11.7. The Hall–Kier alpha value is -4.00. The van der Waals surface area contributed by atoms with Gasteiger partial charge in [-0.2, -0.15) is 0 Å². The molecule has 2 aromatic carbocycles. The third-order valence-electron chi connectivity index (χ3n) is 5.33. The van der Waals surface area contributed by atoms with Crippen LogP contribution in [0.15, 0.2) is 88.6 Å². The van der Waals surface area contributed by atoms with Gasteiger partial charge in [0.25, 0.3) is 5.56 Å². The second-order valence-electron chi connectivity index (χ2n) is 8.16. The second kappa shape index (κ2) is 13.0. The average molecular weight is 535 g/mol. The van der Waals surface area contributed by atoms with Gasteiger partial charge >= 0.3 is 11.7 Å². The Morgan fingerprint density at radius 3 is 2.58 bits per heavy atom. The fourth-order valence-corrected chi connectivity index (χ4v) is 4.78. The van der Waals surface area contributed by atoms with Crippen molar-refractivity contribution in [3.8, 4) is 18.1 Å². The number of hydrogen-bond donors (Lipinski definition) is 2. The van der Waals surface area contributed by atoms with E-state index < -0.39 is 44.1 Å². The number of ether oxygens (including phenoxy) is 3. The van der Waals surface area contributed by atoms with Gasteiger partial charge in [0.15, 0.2) is 20.8 Å². The van der Waals surface area contributed by atoms with Crippen molar-refractivity contribution in [2.75, 3.05) is 6.35 Å². The molecule has 38 heavy (non-hydrogen) atoms. The zero-order valence-electron chi connectivity index (χ0n) is 20.5. The van der Waals surface area contributed by atoms with Crippen LogP contribution in [0.4, 0.5) is 0 Å². The zero-order valence-corrected chi connectivity index (χ0v) is 21.4. The van der Waals surface area contributed by atoms with E-state index in [2.05, 4.69) is 16.0 Å². The van der Waals surface area contributed by atoms with Gasteiger partial charge in [-0.15, -0.1) is 6.42 Å². The minimum Gasteiger partial charge on any atom is -0.460 e. The highest BCUT2D eigenvalue weighted by molar-refractivity contribution is 7.50. The Bertz CT molecular complexity index is 1420. The number of benzene rings is 2. The molecule has 0 fully saturated rings. The van der Waals surface area contributed by atoms with Gasteiger partial charge in [0, 0.05) is 6.20 Å². The predicted molar refractivity (Wildman–Crippen MR) is 141 cm³/mol. The monoisotopic (exact) mass is 535 g/mol. The van der Waals surface area contributed by atoms with Gasteiger partial charge in [0.1, 0.15) is 30.3 Å². The van der Waals surface area contributed by atoms with Crippen LogP contribution in [-0.4, -0.2) is 34.2 Å². The van der Waals surface area contributed by atoms with Crippen LogP contribution in [0.3, 0.4) is 0 Å². The molecule has 2 N–H and O–H groups in total. The molecule has 0 saturated carbocycles. The van der Waals surface area contributed by atoms with Crippen molar-refractivity contribution in [3.63, 3.8) is 0 Å². The first-order valence-corrected chi connectivity index (χ1v) is 13.1. The number of hydrogen-bond acceptors (Lipinski definition) is 8. The molecular weight excluding hydrogens is 509 g/mol. The summed E-state index contributed by atoms with van der Waals surface area (Å²) in [7, 11) is -1.51. The molecule has 0 amide bonds. The summed E-state index contributed by atoms with van der Waals surface area (Å²) < 4.78 is 24.3. The third-order valence-corrected chi connectivity index (χ3v) is 6.82. The normalized spacial score (nSPS) is 17.9. The lowest BCUT2D eigenvalue weighted by Gasteiger charge is -2.24. The maximum absolute atomic E-state index is 12.6. The summed E-state index contributed by atoms with van der Waals surface area (Å²) in [5.74, 6) is 2.40. The smallest absolute Gasteiger partial charge is 0.330 e. The minimum absolute atomic E-state index is 0.00286. The van der Waals surface area contributed by atoms with E-state index in [9.17, 15) is 14.4 Å². The van der Waals surface area contributed by atoms with Crippen molar-refractivity contribution in [2.24, 2.45) is 0 Å². The highest BCUT2D eigenvalue weighted by Gasteiger charge is 2.26. The highest BCUT2D eigenvalue weighted by Crippen LogP contribution is 2.36. The van der Waals surface area contributed by atoms with Crippen molar-refractivity contribution < 1.29 is 23.5 Å². The van der Waals surface area contributed by atoms with Gasteiger partial charge in [-0.05, 0) is 36.8 Å². The summed E-state index contributed by atoms with van der Waals surface area (Å²) in [6.07, 6.45) is 8.26. The number of nitrogens with one attached hydrogen (secondary N) is 2. The van der Waals surface area contributed by atoms with Gasteiger partial charge < -0.3 is 18.7 Å². The summed E-state index contributed by atoms with van der Waals surface area (Å²) in [5.41, 5.74) is -0.420. The summed E-state index contributed by atoms with van der Waals surface area (Å²) in [4.78, 5) is 38.7. The highest BCUT2D eigenvalue weighted by atomic mass is 31.2. The summed E-state index contributed by atoms with van der Waals surface area (Å²) in [6.45, 7) is 1.85. The molecule has 4 unspecified atom stereocenters. The van der Waals surface area contributed by atoms with Crippen LogP contribution < -0.4 is 20.9 Å². The summed E-state index contributed by atoms with van der Waals surface area (Å²) >= 11 is 0. The Kier molecular flexibility index (Phi) is 9.25. The van der Waals surface area contributed by atoms with Gasteiger partial charge in [-0.3, -0.25) is 19.1 Å². The quantitative estimate of drug-likeness (QED) is 0.166. The number of aromatic amines is 1. The van der Waals surface area contributed by atoms with Crippen molar-refractivity contribution in [1.82, 2.24) is 14.6 Å². The van der Waals surface area contributed by atoms with Crippen molar-refractivity contribution in [3.05, 3.63) is 111 Å². The van der Waals surface area contributed by atoms with Gasteiger partial charge in [-0.25, -0.2) is 9.88 Å². The van der Waals surface area contributed by atoms with E-state index >= 15 is 0 Å². The molecule has 11 heteroatoms. The zero-order chi connectivity index (χ0) is 26.9. The standard InChI is InChI=1S/C27H26N3O7P/c1-3-21-16-30(27(33)28-25(21)31)23-14-15-24(36-23)35-18-38(37-22-12-8-5-9-13-22)29-19(2)26(32)34-17-20-10-6-4-7-11-20/h1,4-16,19,23-24,29H,17-18H2,2H3,(H,28,31,33). The van der Waals surface area contributed by atoms with Crippen LogP contribution in [0.5, 0.6) is 5.75 Å². The van der Waals surface area contributed by atoms with Crippen molar-refractivity contribution in [2.45, 2.75) is 32.1 Å². The van der Waals surface area contributed by atoms with Crippen LogP contribution in [0.25, 0.3) is 0 Å². The number of carbonyl (C=O) groups excluding carboxylic acids is 1. The molecule has 0 radical (unpaired) electrons. The van der Waals surface area contributed by atoms with Gasteiger partial charge in [-0.1, -0.05) is 54.5 Å². The number of rotatable bonds is 11. The number of nitrogens with zero attached hydrogens (tertiary/aromatic N) is 1. The number of H-pyrrole nitrogens is 1. The van der Waals surface area contributed by atoms with E-state index in [0.29, 0.717) is 5.75 Å². The Morgan fingerprint density at radius 1 is 1.16 bits per heavy atom. The van der Waals surface area contributed by atoms with Crippen molar-refractivity contribution in [1.29, 1.82) is 0 Å². The summed E-state index contributed by atoms with van der Waals surface area (Å²) in [5, 5.41) is 3.15. The molecule has 1 aliphatic rings. The van der Waals surface area contributed by atoms with Gasteiger partial charge in [0.2, 0.25) is 0 Å². The molecule has 4 atom stereocenters. The lowest BCUT2D eigenvalue weighted by atomic mass is 10.2. The van der Waals surface area contributed by atoms with Gasteiger partial charge in [0.05, 0.1) is 0 Å². The fraction of sp³-hybridized carbons (Fsp3) is 0.222. The van der Waals surface area contributed by atoms with Crippen LogP contribution in [0, 0.1) is 12.3 Å². The lowest BCUT2D eigenvalue weighted by molar-refractivity contribution is -0.146. The maximum Gasteiger partial charge on any atom is 0.330 e. The second-order valence-corrected chi connectivity index (χ2v) is 9.61. The number of terminal acetylenes is 1.